The highest BCUT2D eigenvalue weighted by Crippen LogP contribution is 2.60. The Morgan fingerprint density at radius 2 is 1.80 bits per heavy atom. The lowest BCUT2D eigenvalue weighted by molar-refractivity contribution is -0.152. The molecule has 1 N–H and O–H groups in total. The van der Waals surface area contributed by atoms with Crippen LogP contribution in [0, 0.1) is 23.2 Å². The summed E-state index contributed by atoms with van der Waals surface area (Å²) >= 11 is 6.65. The lowest BCUT2D eigenvalue weighted by Crippen LogP contribution is -2.57. The summed E-state index contributed by atoms with van der Waals surface area (Å²) in [5, 5.41) is 1.28. The Kier molecular flexibility index (Phi) is 5.14. The summed E-state index contributed by atoms with van der Waals surface area (Å²) in [5.74, 6) is 2.55. The molecule has 1 aromatic rings. The quantitative estimate of drug-likeness (QED) is 0.536. The molecule has 5 aliphatic rings. The number of hydrogen-bond donors (Lipinski definition) is 1. The first-order chi connectivity index (χ1) is 14.5. The number of nitrogens with one attached hydrogen (secondary N) is 1. The summed E-state index contributed by atoms with van der Waals surface area (Å²) in [5.41, 5.74) is 3.49. The number of carbonyl (C=O) groups excluding carboxylic acids is 2. The standard InChI is InChI=1S/C23H26N2O3S2/c1-2-28-18-5-3-14(4-6-18)10-19-20(26)25(22(29)30-19)24-21(27)23-11-15-7-16(12-23)9-17(8-15)13-23/h3-6,10,15-17H,2,7-9,11-13H2,1H3,(H,24,27). The van der Waals surface area contributed by atoms with Crippen LogP contribution in [0.15, 0.2) is 29.2 Å². The van der Waals surface area contributed by atoms with Crippen molar-refractivity contribution in [1.82, 2.24) is 10.4 Å². The molecule has 5 fully saturated rings. The summed E-state index contributed by atoms with van der Waals surface area (Å²) < 4.78 is 5.85. The smallest absolute Gasteiger partial charge is 0.285 e. The molecule has 4 bridgehead atoms. The van der Waals surface area contributed by atoms with Gasteiger partial charge in [-0.1, -0.05) is 23.9 Å². The van der Waals surface area contributed by atoms with Crippen molar-refractivity contribution >= 4 is 46.2 Å². The Balaban J connectivity index is 1.29. The van der Waals surface area contributed by atoms with Gasteiger partial charge in [0.2, 0.25) is 5.91 Å². The predicted octanol–water partition coefficient (Wildman–Crippen LogP) is 4.53. The molecule has 0 aromatic heterocycles. The number of rotatable bonds is 5. The molecule has 1 saturated heterocycles. The molecule has 1 aliphatic heterocycles. The minimum absolute atomic E-state index is 0.0137. The Morgan fingerprint density at radius 3 is 2.37 bits per heavy atom. The molecule has 0 spiro atoms. The fourth-order valence-corrected chi connectivity index (χ4v) is 7.33. The van der Waals surface area contributed by atoms with Crippen molar-refractivity contribution in [3.63, 3.8) is 0 Å². The van der Waals surface area contributed by atoms with Gasteiger partial charge in [-0.05, 0) is 99.2 Å². The molecule has 7 heteroatoms. The summed E-state index contributed by atoms with van der Waals surface area (Å²) in [6.45, 7) is 2.55. The number of ether oxygens (including phenoxy) is 1. The molecule has 0 atom stereocenters. The number of hydrogen-bond acceptors (Lipinski definition) is 5. The van der Waals surface area contributed by atoms with E-state index < -0.39 is 0 Å². The minimum atomic E-state index is -0.309. The van der Waals surface area contributed by atoms with Crippen molar-refractivity contribution in [1.29, 1.82) is 0 Å². The van der Waals surface area contributed by atoms with E-state index in [1.165, 1.54) is 36.0 Å². The number of thiocarbonyl (C=S) groups is 1. The van der Waals surface area contributed by atoms with Gasteiger partial charge < -0.3 is 4.74 Å². The molecular formula is C23H26N2O3S2. The maximum absolute atomic E-state index is 13.3. The minimum Gasteiger partial charge on any atom is -0.494 e. The Bertz CT molecular complexity index is 890. The molecule has 5 nitrogen and oxygen atoms in total. The molecule has 1 aromatic carbocycles. The number of thioether (sulfide) groups is 1. The summed E-state index contributed by atoms with van der Waals surface area (Å²) in [4.78, 5) is 26.8. The second-order valence-electron chi connectivity index (χ2n) is 9.16. The highest BCUT2D eigenvalue weighted by Gasteiger charge is 2.55. The summed E-state index contributed by atoms with van der Waals surface area (Å²) in [6, 6.07) is 7.58. The van der Waals surface area contributed by atoms with Gasteiger partial charge in [0, 0.05) is 0 Å². The normalized spacial score (nSPS) is 33.4. The average Bonchev–Trinajstić information content (AvgIpc) is 2.96. The van der Waals surface area contributed by atoms with Gasteiger partial charge in [0.1, 0.15) is 5.75 Å². The Hall–Kier alpha value is -1.86. The van der Waals surface area contributed by atoms with E-state index >= 15 is 0 Å². The fraction of sp³-hybridized carbons (Fsp3) is 0.522. The lowest BCUT2D eigenvalue weighted by Gasteiger charge is -2.55. The molecule has 158 valence electrons. The molecule has 6 rings (SSSR count). The molecule has 2 amide bonds. The van der Waals surface area contributed by atoms with E-state index in [4.69, 9.17) is 17.0 Å². The molecule has 1 heterocycles. The van der Waals surface area contributed by atoms with E-state index in [0.29, 0.717) is 33.6 Å². The topological polar surface area (TPSA) is 58.6 Å². The largest absolute Gasteiger partial charge is 0.494 e. The maximum Gasteiger partial charge on any atom is 0.285 e. The lowest BCUT2D eigenvalue weighted by atomic mass is 9.49. The van der Waals surface area contributed by atoms with Gasteiger partial charge >= 0.3 is 0 Å². The van der Waals surface area contributed by atoms with Crippen LogP contribution >= 0.6 is 24.0 Å². The number of amides is 2. The van der Waals surface area contributed by atoms with Gasteiger partial charge in [-0.2, -0.15) is 5.01 Å². The zero-order valence-electron chi connectivity index (χ0n) is 17.1. The molecule has 0 unspecified atom stereocenters. The Morgan fingerprint density at radius 1 is 1.20 bits per heavy atom. The zero-order chi connectivity index (χ0) is 20.9. The van der Waals surface area contributed by atoms with Crippen LogP contribution in [-0.2, 0) is 9.59 Å². The van der Waals surface area contributed by atoms with Crippen LogP contribution in [0.2, 0.25) is 0 Å². The van der Waals surface area contributed by atoms with Gasteiger partial charge in [-0.25, -0.2) is 0 Å². The van der Waals surface area contributed by atoms with Crippen molar-refractivity contribution in [3.8, 4) is 5.75 Å². The van der Waals surface area contributed by atoms with Crippen molar-refractivity contribution in [3.05, 3.63) is 34.7 Å². The van der Waals surface area contributed by atoms with Crippen LogP contribution in [0.3, 0.4) is 0 Å². The highest BCUT2D eigenvalue weighted by molar-refractivity contribution is 8.26. The second kappa shape index (κ2) is 7.68. The van der Waals surface area contributed by atoms with Gasteiger partial charge in [0.15, 0.2) is 4.32 Å². The predicted molar refractivity (Wildman–Crippen MR) is 121 cm³/mol. The van der Waals surface area contributed by atoms with Crippen LogP contribution in [0.5, 0.6) is 5.75 Å². The molecule has 4 saturated carbocycles. The number of hydrazine groups is 1. The zero-order valence-corrected chi connectivity index (χ0v) is 18.7. The molecular weight excluding hydrogens is 416 g/mol. The van der Waals surface area contributed by atoms with Crippen LogP contribution < -0.4 is 10.2 Å². The average molecular weight is 443 g/mol. The van der Waals surface area contributed by atoms with Crippen molar-refractivity contribution in [2.75, 3.05) is 6.61 Å². The van der Waals surface area contributed by atoms with Crippen LogP contribution in [0.4, 0.5) is 0 Å². The van der Waals surface area contributed by atoms with Crippen molar-refractivity contribution < 1.29 is 14.3 Å². The molecule has 0 radical (unpaired) electrons. The molecule has 30 heavy (non-hydrogen) atoms. The van der Waals surface area contributed by atoms with Crippen molar-refractivity contribution in [2.24, 2.45) is 23.2 Å². The molecule has 4 aliphatic carbocycles. The first kappa shape index (κ1) is 20.1. The van der Waals surface area contributed by atoms with Gasteiger partial charge in [-0.3, -0.25) is 15.0 Å². The van der Waals surface area contributed by atoms with Gasteiger partial charge in [0.25, 0.3) is 5.91 Å². The first-order valence-corrected chi connectivity index (χ1v) is 12.0. The van der Waals surface area contributed by atoms with Crippen LogP contribution in [0.25, 0.3) is 6.08 Å². The fourth-order valence-electron chi connectivity index (χ4n) is 6.15. The van der Waals surface area contributed by atoms with E-state index in [2.05, 4.69) is 5.43 Å². The monoisotopic (exact) mass is 442 g/mol. The van der Waals surface area contributed by atoms with E-state index in [0.717, 1.165) is 30.6 Å². The third kappa shape index (κ3) is 3.56. The van der Waals surface area contributed by atoms with Gasteiger partial charge in [-0.15, -0.1) is 0 Å². The number of carbonyl (C=O) groups is 2. The number of benzene rings is 1. The maximum atomic E-state index is 13.3. The summed E-state index contributed by atoms with van der Waals surface area (Å²) in [7, 11) is 0. The third-order valence-corrected chi connectivity index (χ3v) is 8.32. The second-order valence-corrected chi connectivity index (χ2v) is 10.8. The van der Waals surface area contributed by atoms with E-state index in [1.807, 2.05) is 37.3 Å². The first-order valence-electron chi connectivity index (χ1n) is 10.8. The van der Waals surface area contributed by atoms with Crippen LogP contribution in [0.1, 0.15) is 51.0 Å². The van der Waals surface area contributed by atoms with E-state index in [9.17, 15) is 9.59 Å². The van der Waals surface area contributed by atoms with Crippen LogP contribution in [-0.4, -0.2) is 27.8 Å². The van der Waals surface area contributed by atoms with Gasteiger partial charge in [0.05, 0.1) is 16.9 Å². The van der Waals surface area contributed by atoms with E-state index in [-0.39, 0.29) is 17.2 Å². The van der Waals surface area contributed by atoms with Crippen molar-refractivity contribution in [2.45, 2.75) is 45.4 Å². The number of nitrogens with zero attached hydrogens (tertiary/aromatic N) is 1. The SMILES string of the molecule is CCOc1ccc(C=C2SC(=S)N(NC(=O)C34CC5CC(CC(C5)C3)C4)C2=O)cc1. The summed E-state index contributed by atoms with van der Waals surface area (Å²) in [6.07, 6.45) is 8.52. The highest BCUT2D eigenvalue weighted by atomic mass is 32.2. The Labute approximate surface area is 186 Å². The third-order valence-electron chi connectivity index (χ3n) is 7.02. The van der Waals surface area contributed by atoms with E-state index in [1.54, 1.807) is 0 Å².